The van der Waals surface area contributed by atoms with Gasteiger partial charge in [-0.25, -0.2) is 4.79 Å². The Morgan fingerprint density at radius 3 is 1.94 bits per heavy atom. The van der Waals surface area contributed by atoms with Gasteiger partial charge in [0.15, 0.2) is 0 Å². The first-order valence-corrected chi connectivity index (χ1v) is 4.84. The molecule has 1 aliphatic heterocycles. The van der Waals surface area contributed by atoms with Crippen LogP contribution in [-0.2, 0) is 14.5 Å². The third-order valence-corrected chi connectivity index (χ3v) is 2.81. The first-order chi connectivity index (χ1) is 7.55. The summed E-state index contributed by atoms with van der Waals surface area (Å²) in [5.74, 6) is -1.68. The quantitative estimate of drug-likeness (QED) is 0.552. The second-order valence-corrected chi connectivity index (χ2v) is 3.83. The van der Waals surface area contributed by atoms with E-state index in [9.17, 15) is 14.4 Å². The van der Waals surface area contributed by atoms with Crippen LogP contribution >= 0.6 is 11.6 Å². The number of rotatable bonds is 1. The third kappa shape index (κ3) is 1.45. The van der Waals surface area contributed by atoms with Crippen molar-refractivity contribution in [1.82, 2.24) is 10.6 Å². The molecule has 1 saturated heterocycles. The highest BCUT2D eigenvalue weighted by molar-refractivity contribution is 6.48. The number of nitrogens with one attached hydrogen (secondary N) is 2. The first-order valence-electron chi connectivity index (χ1n) is 4.46. The van der Waals surface area contributed by atoms with E-state index in [1.54, 1.807) is 30.3 Å². The van der Waals surface area contributed by atoms with Crippen molar-refractivity contribution in [3.63, 3.8) is 0 Å². The Labute approximate surface area is 95.8 Å². The largest absolute Gasteiger partial charge is 0.328 e. The van der Waals surface area contributed by atoms with Crippen molar-refractivity contribution in [3.05, 3.63) is 35.9 Å². The van der Waals surface area contributed by atoms with Gasteiger partial charge in [0.25, 0.3) is 11.8 Å². The Balaban J connectivity index is 2.48. The zero-order valence-corrected chi connectivity index (χ0v) is 8.75. The number of carbonyl (C=O) groups excluding carboxylic acids is 3. The van der Waals surface area contributed by atoms with E-state index in [-0.39, 0.29) is 0 Å². The minimum Gasteiger partial charge on any atom is -0.275 e. The summed E-state index contributed by atoms with van der Waals surface area (Å²) in [6, 6.07) is 7.26. The predicted octanol–water partition coefficient (Wildman–Crippen LogP) is 0.487. The number of halogens is 1. The van der Waals surface area contributed by atoms with Gasteiger partial charge in [-0.05, 0) is 5.56 Å². The number of alkyl halides is 1. The fourth-order valence-electron chi connectivity index (χ4n) is 1.44. The maximum atomic E-state index is 11.6. The van der Waals surface area contributed by atoms with Gasteiger partial charge >= 0.3 is 6.03 Å². The fraction of sp³-hybridized carbons (Fsp3) is 0.100. The minimum absolute atomic E-state index is 0.319. The van der Waals surface area contributed by atoms with Gasteiger partial charge in [0, 0.05) is 0 Å². The average molecular weight is 239 g/mol. The van der Waals surface area contributed by atoms with Crippen LogP contribution < -0.4 is 10.6 Å². The van der Waals surface area contributed by atoms with Crippen molar-refractivity contribution >= 4 is 29.4 Å². The molecule has 1 aliphatic rings. The van der Waals surface area contributed by atoms with Crippen molar-refractivity contribution < 1.29 is 14.4 Å². The summed E-state index contributed by atoms with van der Waals surface area (Å²) in [6.07, 6.45) is 0. The number of barbiturate groups is 1. The van der Waals surface area contributed by atoms with E-state index in [1.165, 1.54) is 0 Å². The molecule has 2 N–H and O–H groups in total. The Morgan fingerprint density at radius 2 is 1.44 bits per heavy atom. The van der Waals surface area contributed by atoms with E-state index in [2.05, 4.69) is 0 Å². The Hall–Kier alpha value is -1.88. The number of carbonyl (C=O) groups is 3. The van der Waals surface area contributed by atoms with Gasteiger partial charge in [-0.2, -0.15) is 0 Å². The molecule has 1 aromatic rings. The predicted molar refractivity (Wildman–Crippen MR) is 55.7 cm³/mol. The lowest BCUT2D eigenvalue weighted by Crippen LogP contribution is -2.62. The SMILES string of the molecule is O=C1NC(=O)C(Cl)(c2ccccc2)C(=O)N1. The minimum atomic E-state index is -1.88. The van der Waals surface area contributed by atoms with Crippen molar-refractivity contribution in [3.8, 4) is 0 Å². The summed E-state index contributed by atoms with van der Waals surface area (Å²) >= 11 is 5.99. The maximum absolute atomic E-state index is 11.6. The number of urea groups is 1. The third-order valence-electron chi connectivity index (χ3n) is 2.25. The lowest BCUT2D eigenvalue weighted by molar-refractivity contribution is -0.134. The van der Waals surface area contributed by atoms with Gasteiger partial charge in [0.1, 0.15) is 0 Å². The van der Waals surface area contributed by atoms with Crippen LogP contribution in [0.5, 0.6) is 0 Å². The lowest BCUT2D eigenvalue weighted by Gasteiger charge is -2.28. The average Bonchev–Trinajstić information content (AvgIpc) is 2.27. The Morgan fingerprint density at radius 1 is 0.938 bits per heavy atom. The molecule has 0 radical (unpaired) electrons. The molecule has 5 nitrogen and oxygen atoms in total. The van der Waals surface area contributed by atoms with Crippen LogP contribution in [0.15, 0.2) is 30.3 Å². The molecule has 0 aliphatic carbocycles. The Kier molecular flexibility index (Phi) is 2.40. The van der Waals surface area contributed by atoms with E-state index in [0.29, 0.717) is 5.56 Å². The first kappa shape index (κ1) is 10.6. The van der Waals surface area contributed by atoms with Gasteiger partial charge in [0.2, 0.25) is 4.87 Å². The summed E-state index contributed by atoms with van der Waals surface area (Å²) in [5, 5.41) is 3.91. The van der Waals surface area contributed by atoms with Crippen LogP contribution in [0.4, 0.5) is 4.79 Å². The molecule has 1 heterocycles. The van der Waals surface area contributed by atoms with Gasteiger partial charge in [0.05, 0.1) is 0 Å². The van der Waals surface area contributed by atoms with E-state index in [1.807, 2.05) is 10.6 Å². The normalized spacial score (nSPS) is 18.9. The molecule has 0 unspecified atom stereocenters. The summed E-state index contributed by atoms with van der Waals surface area (Å²) in [4.78, 5) is 32.2. The highest BCUT2D eigenvalue weighted by atomic mass is 35.5. The number of imide groups is 2. The summed E-state index contributed by atoms with van der Waals surface area (Å²) < 4.78 is 0. The van der Waals surface area contributed by atoms with Gasteiger partial charge in [-0.3, -0.25) is 20.2 Å². The van der Waals surface area contributed by atoms with Crippen LogP contribution in [0.1, 0.15) is 5.56 Å². The van der Waals surface area contributed by atoms with E-state index >= 15 is 0 Å². The molecule has 2 rings (SSSR count). The zero-order valence-electron chi connectivity index (χ0n) is 7.99. The van der Waals surface area contributed by atoms with Gasteiger partial charge < -0.3 is 0 Å². The van der Waals surface area contributed by atoms with E-state index in [0.717, 1.165) is 0 Å². The molecule has 6 heteroatoms. The number of amides is 4. The smallest absolute Gasteiger partial charge is 0.275 e. The van der Waals surface area contributed by atoms with E-state index in [4.69, 9.17) is 11.6 Å². The molecular formula is C10H7ClN2O3. The van der Waals surface area contributed by atoms with Crippen LogP contribution in [0, 0.1) is 0 Å². The van der Waals surface area contributed by atoms with Crippen molar-refractivity contribution in [1.29, 1.82) is 0 Å². The van der Waals surface area contributed by atoms with Crippen LogP contribution in [0.3, 0.4) is 0 Å². The molecule has 4 amide bonds. The molecule has 0 atom stereocenters. The second kappa shape index (κ2) is 3.61. The number of hydrogen-bond donors (Lipinski definition) is 2. The van der Waals surface area contributed by atoms with Crippen molar-refractivity contribution in [2.75, 3.05) is 0 Å². The molecule has 1 fully saturated rings. The highest BCUT2D eigenvalue weighted by Crippen LogP contribution is 2.31. The lowest BCUT2D eigenvalue weighted by atomic mass is 9.95. The van der Waals surface area contributed by atoms with Crippen LogP contribution in [0.2, 0.25) is 0 Å². The van der Waals surface area contributed by atoms with E-state index < -0.39 is 22.7 Å². The standard InChI is InChI=1S/C10H7ClN2O3/c11-10(6-4-2-1-3-5-6)7(14)12-9(16)13-8(10)15/h1-5H,(H2,12,13,14,15,16). The molecule has 1 aromatic carbocycles. The van der Waals surface area contributed by atoms with Gasteiger partial charge in [-0.15, -0.1) is 0 Å². The number of benzene rings is 1. The number of hydrogen-bond acceptors (Lipinski definition) is 3. The molecule has 0 bridgehead atoms. The monoisotopic (exact) mass is 238 g/mol. The van der Waals surface area contributed by atoms with Gasteiger partial charge in [-0.1, -0.05) is 41.9 Å². The Bertz CT molecular complexity index is 452. The van der Waals surface area contributed by atoms with Crippen molar-refractivity contribution in [2.45, 2.75) is 4.87 Å². The second-order valence-electron chi connectivity index (χ2n) is 3.26. The van der Waals surface area contributed by atoms with Crippen molar-refractivity contribution in [2.24, 2.45) is 0 Å². The van der Waals surface area contributed by atoms with Crippen LogP contribution in [0.25, 0.3) is 0 Å². The molecule has 0 saturated carbocycles. The zero-order chi connectivity index (χ0) is 11.8. The summed E-state index contributed by atoms with van der Waals surface area (Å²) in [6.45, 7) is 0. The maximum Gasteiger partial charge on any atom is 0.328 e. The topological polar surface area (TPSA) is 75.3 Å². The molecule has 0 spiro atoms. The molecule has 0 aromatic heterocycles. The molecular weight excluding hydrogens is 232 g/mol. The summed E-state index contributed by atoms with van der Waals surface area (Å²) in [7, 11) is 0. The van der Waals surface area contributed by atoms with Crippen LogP contribution in [-0.4, -0.2) is 17.8 Å². The summed E-state index contributed by atoms with van der Waals surface area (Å²) in [5.41, 5.74) is 0.319. The fourth-order valence-corrected chi connectivity index (χ4v) is 1.66. The molecule has 16 heavy (non-hydrogen) atoms. The molecule has 82 valence electrons. The highest BCUT2D eigenvalue weighted by Gasteiger charge is 2.50.